The summed E-state index contributed by atoms with van der Waals surface area (Å²) in [6.45, 7) is 2.03. The van der Waals surface area contributed by atoms with Gasteiger partial charge in [0.25, 0.3) is 0 Å². The van der Waals surface area contributed by atoms with Crippen LogP contribution < -0.4 is 5.32 Å². The van der Waals surface area contributed by atoms with Gasteiger partial charge in [-0.1, -0.05) is 25.5 Å². The number of carboxylic acids is 1. The number of hydrogen-bond acceptors (Lipinski definition) is 2. The molecule has 0 saturated carbocycles. The second-order valence-corrected chi connectivity index (χ2v) is 3.84. The van der Waals surface area contributed by atoms with Crippen LogP contribution in [0.4, 0.5) is 0 Å². The molecule has 4 heteroatoms. The lowest BCUT2D eigenvalue weighted by molar-refractivity contribution is -0.140. The van der Waals surface area contributed by atoms with Crippen LogP contribution in [0, 0.1) is 5.92 Å². The zero-order valence-corrected chi connectivity index (χ0v) is 8.90. The van der Waals surface area contributed by atoms with Gasteiger partial charge in [0.2, 0.25) is 5.91 Å². The normalized spacial score (nSPS) is 24.1. The first kappa shape index (κ1) is 11.8. The van der Waals surface area contributed by atoms with Crippen molar-refractivity contribution in [3.63, 3.8) is 0 Å². The molecular weight excluding hydrogens is 194 g/mol. The van der Waals surface area contributed by atoms with Crippen LogP contribution in [-0.2, 0) is 9.59 Å². The van der Waals surface area contributed by atoms with E-state index in [1.165, 1.54) is 0 Å². The van der Waals surface area contributed by atoms with Gasteiger partial charge in [0.1, 0.15) is 0 Å². The molecule has 0 aliphatic heterocycles. The molecule has 2 unspecified atom stereocenters. The van der Waals surface area contributed by atoms with Crippen LogP contribution in [0.15, 0.2) is 12.2 Å². The Labute approximate surface area is 89.4 Å². The zero-order valence-electron chi connectivity index (χ0n) is 8.90. The van der Waals surface area contributed by atoms with E-state index in [1.54, 1.807) is 12.2 Å². The lowest BCUT2D eigenvalue weighted by Gasteiger charge is -2.11. The van der Waals surface area contributed by atoms with E-state index in [0.717, 1.165) is 12.8 Å². The molecule has 0 aromatic carbocycles. The maximum atomic E-state index is 11.3. The van der Waals surface area contributed by atoms with Crippen LogP contribution in [0.1, 0.15) is 32.6 Å². The highest BCUT2D eigenvalue weighted by Crippen LogP contribution is 2.17. The molecule has 2 N–H and O–H groups in total. The van der Waals surface area contributed by atoms with Crippen molar-refractivity contribution in [3.05, 3.63) is 12.2 Å². The predicted molar refractivity (Wildman–Crippen MR) is 56.3 cm³/mol. The maximum absolute atomic E-state index is 11.3. The lowest BCUT2D eigenvalue weighted by Crippen LogP contribution is -2.33. The third-order valence-corrected chi connectivity index (χ3v) is 2.50. The first-order chi connectivity index (χ1) is 7.13. The van der Waals surface area contributed by atoms with Crippen molar-refractivity contribution >= 4 is 11.9 Å². The number of unbranched alkanes of at least 4 members (excludes halogenated alkanes) is 1. The summed E-state index contributed by atoms with van der Waals surface area (Å²) in [4.78, 5) is 22.0. The van der Waals surface area contributed by atoms with Gasteiger partial charge in [-0.2, -0.15) is 0 Å². The molecular formula is C11H17NO3. The molecule has 1 amide bonds. The Bertz CT molecular complexity index is 273. The summed E-state index contributed by atoms with van der Waals surface area (Å²) in [5.41, 5.74) is 0. The van der Waals surface area contributed by atoms with Crippen molar-refractivity contribution in [2.45, 2.75) is 38.6 Å². The Hall–Kier alpha value is -1.32. The molecule has 0 spiro atoms. The summed E-state index contributed by atoms with van der Waals surface area (Å²) in [6, 6.07) is -0.101. The first-order valence-electron chi connectivity index (χ1n) is 5.34. The molecule has 0 fully saturated rings. The number of amides is 1. The zero-order chi connectivity index (χ0) is 11.3. The van der Waals surface area contributed by atoms with Crippen LogP contribution >= 0.6 is 0 Å². The SMILES string of the molecule is CCCCC(=O)NC1C=CC(C(=O)O)C1. The van der Waals surface area contributed by atoms with Gasteiger partial charge in [-0.15, -0.1) is 0 Å². The molecule has 1 rings (SSSR count). The maximum Gasteiger partial charge on any atom is 0.310 e. The summed E-state index contributed by atoms with van der Waals surface area (Å²) in [7, 11) is 0. The molecule has 4 nitrogen and oxygen atoms in total. The number of carbonyl (C=O) groups excluding carboxylic acids is 1. The van der Waals surface area contributed by atoms with Gasteiger partial charge in [-0.05, 0) is 12.8 Å². The molecule has 0 saturated heterocycles. The van der Waals surface area contributed by atoms with Crippen molar-refractivity contribution < 1.29 is 14.7 Å². The van der Waals surface area contributed by atoms with Gasteiger partial charge in [0, 0.05) is 12.5 Å². The minimum absolute atomic E-state index is 0.0116. The highest BCUT2D eigenvalue weighted by molar-refractivity contribution is 5.77. The number of nitrogens with one attached hydrogen (secondary N) is 1. The van der Waals surface area contributed by atoms with E-state index in [9.17, 15) is 9.59 Å². The van der Waals surface area contributed by atoms with Crippen molar-refractivity contribution in [2.75, 3.05) is 0 Å². The van der Waals surface area contributed by atoms with E-state index < -0.39 is 11.9 Å². The summed E-state index contributed by atoms with van der Waals surface area (Å²) >= 11 is 0. The monoisotopic (exact) mass is 211 g/mol. The average Bonchev–Trinajstić information content (AvgIpc) is 2.63. The molecule has 1 aliphatic carbocycles. The van der Waals surface area contributed by atoms with E-state index in [4.69, 9.17) is 5.11 Å². The molecule has 1 aliphatic rings. The number of carbonyl (C=O) groups is 2. The standard InChI is InChI=1S/C11H17NO3/c1-2-3-4-10(13)12-9-6-5-8(7-9)11(14)15/h5-6,8-9H,2-4,7H2,1H3,(H,12,13)(H,14,15). The number of rotatable bonds is 5. The van der Waals surface area contributed by atoms with E-state index in [2.05, 4.69) is 5.32 Å². The van der Waals surface area contributed by atoms with Gasteiger partial charge in [-0.25, -0.2) is 0 Å². The average molecular weight is 211 g/mol. The van der Waals surface area contributed by atoms with Gasteiger partial charge >= 0.3 is 5.97 Å². The fourth-order valence-corrected chi connectivity index (χ4v) is 1.61. The van der Waals surface area contributed by atoms with E-state index in [1.807, 2.05) is 6.92 Å². The summed E-state index contributed by atoms with van der Waals surface area (Å²) < 4.78 is 0. The summed E-state index contributed by atoms with van der Waals surface area (Å²) in [6.07, 6.45) is 6.29. The fraction of sp³-hybridized carbons (Fsp3) is 0.636. The molecule has 0 aromatic heterocycles. The first-order valence-corrected chi connectivity index (χ1v) is 5.34. The van der Waals surface area contributed by atoms with Gasteiger partial charge in [-0.3, -0.25) is 9.59 Å². The molecule has 0 heterocycles. The highest BCUT2D eigenvalue weighted by atomic mass is 16.4. The second-order valence-electron chi connectivity index (χ2n) is 3.84. The largest absolute Gasteiger partial charge is 0.481 e. The third-order valence-electron chi connectivity index (χ3n) is 2.50. The smallest absolute Gasteiger partial charge is 0.310 e. The van der Waals surface area contributed by atoms with Crippen LogP contribution in [0.25, 0.3) is 0 Å². The molecule has 0 bridgehead atoms. The molecule has 0 radical (unpaired) electrons. The van der Waals surface area contributed by atoms with E-state index >= 15 is 0 Å². The predicted octanol–water partition coefficient (Wildman–Crippen LogP) is 1.32. The fourth-order valence-electron chi connectivity index (χ4n) is 1.61. The Kier molecular flexibility index (Phi) is 4.34. The minimum Gasteiger partial charge on any atom is -0.481 e. The number of aliphatic carboxylic acids is 1. The van der Waals surface area contributed by atoms with Gasteiger partial charge < -0.3 is 10.4 Å². The molecule has 84 valence electrons. The van der Waals surface area contributed by atoms with Gasteiger partial charge in [0.15, 0.2) is 0 Å². The molecule has 0 aromatic rings. The second kappa shape index (κ2) is 5.53. The van der Waals surface area contributed by atoms with Crippen LogP contribution in [0.2, 0.25) is 0 Å². The lowest BCUT2D eigenvalue weighted by atomic mass is 10.1. The Morgan fingerprint density at radius 2 is 2.20 bits per heavy atom. The van der Waals surface area contributed by atoms with Crippen LogP contribution in [0.5, 0.6) is 0 Å². The Morgan fingerprint density at radius 3 is 2.73 bits per heavy atom. The summed E-state index contributed by atoms with van der Waals surface area (Å²) in [5.74, 6) is -1.25. The third kappa shape index (κ3) is 3.73. The highest BCUT2D eigenvalue weighted by Gasteiger charge is 2.24. The summed E-state index contributed by atoms with van der Waals surface area (Å²) in [5, 5.41) is 11.6. The number of hydrogen-bond donors (Lipinski definition) is 2. The van der Waals surface area contributed by atoms with Crippen molar-refractivity contribution in [3.8, 4) is 0 Å². The Balaban J connectivity index is 2.27. The van der Waals surface area contributed by atoms with Crippen molar-refractivity contribution in [1.29, 1.82) is 0 Å². The molecule has 2 atom stereocenters. The van der Waals surface area contributed by atoms with Gasteiger partial charge in [0.05, 0.1) is 5.92 Å². The number of carboxylic acid groups (broad SMARTS) is 1. The van der Waals surface area contributed by atoms with Crippen molar-refractivity contribution in [2.24, 2.45) is 5.92 Å². The Morgan fingerprint density at radius 1 is 1.47 bits per heavy atom. The van der Waals surface area contributed by atoms with Crippen LogP contribution in [0.3, 0.4) is 0 Å². The quantitative estimate of drug-likeness (QED) is 0.674. The van der Waals surface area contributed by atoms with Crippen molar-refractivity contribution in [1.82, 2.24) is 5.32 Å². The minimum atomic E-state index is -0.823. The van der Waals surface area contributed by atoms with E-state index in [-0.39, 0.29) is 11.9 Å². The van der Waals surface area contributed by atoms with E-state index in [0.29, 0.717) is 12.8 Å². The van der Waals surface area contributed by atoms with Crippen LogP contribution in [-0.4, -0.2) is 23.0 Å². The topological polar surface area (TPSA) is 66.4 Å². The molecule has 15 heavy (non-hydrogen) atoms.